The summed E-state index contributed by atoms with van der Waals surface area (Å²) in [6, 6.07) is 14.3. The average molecular weight is 703 g/mol. The largest absolute Gasteiger partial charge is 0.507 e. The second-order valence-electron chi connectivity index (χ2n) is 10.7. The quantitative estimate of drug-likeness (QED) is 0.0515. The fourth-order valence-electron chi connectivity index (χ4n) is 4.73. The van der Waals surface area contributed by atoms with Gasteiger partial charge in [0, 0.05) is 21.4 Å². The fraction of sp³-hybridized carbons (Fsp3) is 0.273. The molecule has 1 aromatic heterocycles. The summed E-state index contributed by atoms with van der Waals surface area (Å²) < 4.78 is 26.1. The topological polar surface area (TPSA) is 102 Å². The number of Topliss-reactive ketones (excluding diaryl/α,β-unsaturated/α-hetero) is 1. The van der Waals surface area contributed by atoms with Crippen LogP contribution in [0.2, 0.25) is 10.0 Å². The number of halogens is 3. The number of carbonyl (C=O) groups excluding carboxylic acids is 2. The third-order valence-corrected chi connectivity index (χ3v) is 9.76. The zero-order chi connectivity index (χ0) is 33.0. The van der Waals surface area contributed by atoms with Crippen LogP contribution in [0.25, 0.3) is 5.76 Å². The number of ether oxygens (including phenoxy) is 2. The summed E-state index contributed by atoms with van der Waals surface area (Å²) in [4.78, 5) is 28.5. The summed E-state index contributed by atoms with van der Waals surface area (Å²) in [6.07, 6.45) is 0.840. The van der Waals surface area contributed by atoms with Gasteiger partial charge in [0.25, 0.3) is 5.78 Å². The Kier molecular flexibility index (Phi) is 10.9. The van der Waals surface area contributed by atoms with Crippen LogP contribution in [0.15, 0.2) is 70.6 Å². The van der Waals surface area contributed by atoms with Gasteiger partial charge in [-0.2, -0.15) is 0 Å². The summed E-state index contributed by atoms with van der Waals surface area (Å²) in [5.74, 6) is -0.926. The lowest BCUT2D eigenvalue weighted by atomic mass is 9.95. The minimum atomic E-state index is -1.09. The van der Waals surface area contributed by atoms with Crippen molar-refractivity contribution in [3.05, 3.63) is 98.8 Å². The summed E-state index contributed by atoms with van der Waals surface area (Å²) >= 11 is 14.8. The summed E-state index contributed by atoms with van der Waals surface area (Å²) in [5.41, 5.74) is 1.31. The van der Waals surface area contributed by atoms with Crippen molar-refractivity contribution in [2.45, 2.75) is 43.3 Å². The molecule has 1 atom stereocenters. The third-order valence-electron chi connectivity index (χ3n) is 7.07. The second kappa shape index (κ2) is 14.8. The van der Waals surface area contributed by atoms with E-state index in [9.17, 15) is 19.1 Å². The summed E-state index contributed by atoms with van der Waals surface area (Å²) in [6.45, 7) is 6.86. The van der Waals surface area contributed by atoms with Gasteiger partial charge in [-0.25, -0.2) is 4.39 Å². The first-order valence-corrected chi connectivity index (χ1v) is 17.0. The van der Waals surface area contributed by atoms with Gasteiger partial charge in [-0.1, -0.05) is 72.3 Å². The Bertz CT molecular complexity index is 1780. The lowest BCUT2D eigenvalue weighted by molar-refractivity contribution is -0.132. The number of amides is 1. The van der Waals surface area contributed by atoms with Crippen LogP contribution in [0, 0.1) is 11.7 Å². The number of aliphatic hydroxyl groups excluding tert-OH is 1. The van der Waals surface area contributed by atoms with Gasteiger partial charge < -0.3 is 14.6 Å². The normalized spacial score (nSPS) is 16.0. The average Bonchev–Trinajstić information content (AvgIpc) is 3.59. The second-order valence-corrected chi connectivity index (χ2v) is 13.7. The Labute approximate surface area is 284 Å². The van der Waals surface area contributed by atoms with Crippen LogP contribution in [0.3, 0.4) is 0 Å². The molecule has 240 valence electrons. The highest BCUT2D eigenvalue weighted by Gasteiger charge is 2.48. The zero-order valence-electron chi connectivity index (χ0n) is 25.1. The molecular formula is C33H30Cl2FN3O5S2. The van der Waals surface area contributed by atoms with Gasteiger partial charge in [0.1, 0.15) is 11.6 Å². The lowest BCUT2D eigenvalue weighted by Crippen LogP contribution is -2.29. The predicted octanol–water partition coefficient (Wildman–Crippen LogP) is 8.73. The summed E-state index contributed by atoms with van der Waals surface area (Å²) in [7, 11) is 0. The number of aliphatic hydroxyl groups is 1. The Hall–Kier alpha value is -3.64. The third kappa shape index (κ3) is 7.49. The molecule has 3 aromatic carbocycles. The molecule has 13 heteroatoms. The molecule has 1 unspecified atom stereocenters. The number of ketones is 1. The number of benzene rings is 3. The van der Waals surface area contributed by atoms with E-state index < -0.39 is 29.3 Å². The minimum Gasteiger partial charge on any atom is -0.507 e. The minimum absolute atomic E-state index is 0.158. The number of thioether (sulfide) groups is 1. The van der Waals surface area contributed by atoms with Gasteiger partial charge in [-0.05, 0) is 78.9 Å². The van der Waals surface area contributed by atoms with Crippen LogP contribution >= 0.6 is 46.3 Å². The molecular weight excluding hydrogens is 672 g/mol. The van der Waals surface area contributed by atoms with E-state index in [0.717, 1.165) is 35.5 Å². The molecule has 0 spiro atoms. The van der Waals surface area contributed by atoms with Gasteiger partial charge in [0.15, 0.2) is 15.8 Å². The maximum Gasteiger partial charge on any atom is 0.301 e. The molecule has 1 saturated heterocycles. The van der Waals surface area contributed by atoms with E-state index in [4.69, 9.17) is 32.7 Å². The van der Waals surface area contributed by atoms with Crippen molar-refractivity contribution in [1.29, 1.82) is 0 Å². The molecule has 1 aliphatic rings. The van der Waals surface area contributed by atoms with Gasteiger partial charge in [0.05, 0.1) is 24.8 Å². The highest BCUT2D eigenvalue weighted by atomic mass is 35.5. The van der Waals surface area contributed by atoms with E-state index in [2.05, 4.69) is 24.0 Å². The van der Waals surface area contributed by atoms with Crippen molar-refractivity contribution in [1.82, 2.24) is 10.2 Å². The number of hydrogen-bond acceptors (Lipinski definition) is 9. The first-order valence-electron chi connectivity index (χ1n) is 14.4. The Morgan fingerprint density at radius 1 is 1.04 bits per heavy atom. The molecule has 1 N–H and O–H groups in total. The predicted molar refractivity (Wildman–Crippen MR) is 180 cm³/mol. The standard InChI is InChI=1S/C33H30Cl2FN3O5S2/c1-4-43-26-15-20(8-12-25(26)44-14-13-18(2)3)28-27(29(40)19-6-10-23(36)11-7-19)30(41)31(42)39(28)32-37-38-33(46-32)45-17-21-5-9-22(34)16-24(21)35/h5-12,15-16,18,28,40H,4,13-14,17H2,1-3H3. The fourth-order valence-corrected chi connectivity index (χ4v) is 7.16. The molecule has 0 radical (unpaired) electrons. The van der Waals surface area contributed by atoms with Crippen LogP contribution in [-0.4, -0.2) is 40.2 Å². The van der Waals surface area contributed by atoms with Crippen molar-refractivity contribution >= 4 is 68.9 Å². The van der Waals surface area contributed by atoms with Crippen LogP contribution in [-0.2, 0) is 15.3 Å². The SMILES string of the molecule is CCOc1cc(C2C(=C(O)c3ccc(F)cc3)C(=O)C(=O)N2c2nnc(SCc3ccc(Cl)cc3Cl)s2)ccc1OCCC(C)C. The van der Waals surface area contributed by atoms with Gasteiger partial charge in [-0.15, -0.1) is 10.2 Å². The van der Waals surface area contributed by atoms with Crippen molar-refractivity contribution in [2.24, 2.45) is 5.92 Å². The zero-order valence-corrected chi connectivity index (χ0v) is 28.3. The van der Waals surface area contributed by atoms with Gasteiger partial charge in [0.2, 0.25) is 5.13 Å². The van der Waals surface area contributed by atoms with Crippen LogP contribution in [0.5, 0.6) is 11.5 Å². The molecule has 5 rings (SSSR count). The van der Waals surface area contributed by atoms with Gasteiger partial charge in [-0.3, -0.25) is 14.5 Å². The number of anilines is 1. The molecule has 46 heavy (non-hydrogen) atoms. The molecule has 1 amide bonds. The van der Waals surface area contributed by atoms with Crippen molar-refractivity contribution in [3.8, 4) is 11.5 Å². The van der Waals surface area contributed by atoms with Crippen molar-refractivity contribution in [2.75, 3.05) is 18.1 Å². The molecule has 1 fully saturated rings. The number of carbonyl (C=O) groups is 2. The van der Waals surface area contributed by atoms with Gasteiger partial charge >= 0.3 is 5.91 Å². The molecule has 0 saturated carbocycles. The Balaban J connectivity index is 1.55. The summed E-state index contributed by atoms with van der Waals surface area (Å²) in [5, 5.41) is 21.1. The van der Waals surface area contributed by atoms with Crippen LogP contribution in [0.4, 0.5) is 9.52 Å². The van der Waals surface area contributed by atoms with E-state index in [1.165, 1.54) is 28.8 Å². The van der Waals surface area contributed by atoms with E-state index in [-0.39, 0.29) is 16.3 Å². The lowest BCUT2D eigenvalue weighted by Gasteiger charge is -2.23. The van der Waals surface area contributed by atoms with E-state index >= 15 is 0 Å². The number of nitrogens with zero attached hydrogens (tertiary/aromatic N) is 3. The number of aromatic nitrogens is 2. The first-order chi connectivity index (χ1) is 22.1. The Morgan fingerprint density at radius 3 is 2.50 bits per heavy atom. The number of hydrogen-bond donors (Lipinski definition) is 1. The Morgan fingerprint density at radius 2 is 1.80 bits per heavy atom. The van der Waals surface area contributed by atoms with Crippen LogP contribution < -0.4 is 14.4 Å². The van der Waals surface area contributed by atoms with E-state index in [0.29, 0.717) is 56.3 Å². The van der Waals surface area contributed by atoms with Crippen LogP contribution in [0.1, 0.15) is 49.9 Å². The maximum atomic E-state index is 13.7. The smallest absolute Gasteiger partial charge is 0.301 e. The molecule has 2 heterocycles. The molecule has 4 aromatic rings. The molecule has 0 aliphatic carbocycles. The van der Waals surface area contributed by atoms with E-state index in [1.807, 2.05) is 13.0 Å². The van der Waals surface area contributed by atoms with Crippen molar-refractivity contribution < 1.29 is 28.6 Å². The van der Waals surface area contributed by atoms with Crippen molar-refractivity contribution in [3.63, 3.8) is 0 Å². The molecule has 8 nitrogen and oxygen atoms in total. The monoisotopic (exact) mass is 701 g/mol. The van der Waals surface area contributed by atoms with E-state index in [1.54, 1.807) is 30.3 Å². The number of rotatable bonds is 12. The molecule has 1 aliphatic heterocycles. The highest BCUT2D eigenvalue weighted by molar-refractivity contribution is 8.00. The highest BCUT2D eigenvalue weighted by Crippen LogP contribution is 2.46. The molecule has 0 bridgehead atoms. The first kappa shape index (κ1) is 33.7. The maximum absolute atomic E-state index is 13.7.